The SMILES string of the molecule is CN(CCO)CC(O)c1ccc2[nH]c(=O)oc2c1. The first-order valence-electron chi connectivity index (χ1n) is 5.70. The second-order valence-electron chi connectivity index (χ2n) is 4.27. The molecule has 0 amide bonds. The van der Waals surface area contributed by atoms with Crippen LogP contribution in [0, 0.1) is 0 Å². The third-order valence-electron chi connectivity index (χ3n) is 2.80. The Morgan fingerprint density at radius 3 is 3.00 bits per heavy atom. The van der Waals surface area contributed by atoms with Gasteiger partial charge in [0.15, 0.2) is 5.58 Å². The summed E-state index contributed by atoms with van der Waals surface area (Å²) in [6.07, 6.45) is -0.689. The van der Waals surface area contributed by atoms with Gasteiger partial charge in [0.2, 0.25) is 0 Å². The molecule has 1 heterocycles. The molecule has 1 atom stereocenters. The van der Waals surface area contributed by atoms with Crippen molar-refractivity contribution in [2.45, 2.75) is 6.10 Å². The Morgan fingerprint density at radius 1 is 1.50 bits per heavy atom. The predicted molar refractivity (Wildman–Crippen MR) is 66.4 cm³/mol. The van der Waals surface area contributed by atoms with E-state index in [0.717, 1.165) is 0 Å². The molecule has 0 radical (unpaired) electrons. The molecule has 0 saturated carbocycles. The van der Waals surface area contributed by atoms with Crippen molar-refractivity contribution >= 4 is 11.1 Å². The third-order valence-corrected chi connectivity index (χ3v) is 2.80. The molecular weight excluding hydrogens is 236 g/mol. The van der Waals surface area contributed by atoms with Crippen molar-refractivity contribution in [1.29, 1.82) is 0 Å². The summed E-state index contributed by atoms with van der Waals surface area (Å²) < 4.78 is 4.94. The number of nitrogens with one attached hydrogen (secondary N) is 1. The van der Waals surface area contributed by atoms with Crippen molar-refractivity contribution in [3.63, 3.8) is 0 Å². The first kappa shape index (κ1) is 12.8. The summed E-state index contributed by atoms with van der Waals surface area (Å²) in [6.45, 7) is 0.953. The van der Waals surface area contributed by atoms with Crippen LogP contribution in [0.15, 0.2) is 27.4 Å². The first-order valence-corrected chi connectivity index (χ1v) is 5.70. The Bertz CT molecular complexity index is 575. The summed E-state index contributed by atoms with van der Waals surface area (Å²) in [5.41, 5.74) is 1.72. The molecule has 0 saturated heterocycles. The molecule has 98 valence electrons. The topological polar surface area (TPSA) is 89.7 Å². The average Bonchev–Trinajstić information content (AvgIpc) is 2.68. The maximum absolute atomic E-state index is 11.0. The highest BCUT2D eigenvalue weighted by molar-refractivity contribution is 5.72. The van der Waals surface area contributed by atoms with Gasteiger partial charge in [-0.25, -0.2) is 4.79 Å². The van der Waals surface area contributed by atoms with E-state index in [4.69, 9.17) is 9.52 Å². The van der Waals surface area contributed by atoms with Crippen LogP contribution in [0.4, 0.5) is 0 Å². The highest BCUT2D eigenvalue weighted by atomic mass is 16.4. The summed E-state index contributed by atoms with van der Waals surface area (Å²) in [7, 11) is 1.81. The molecule has 3 N–H and O–H groups in total. The van der Waals surface area contributed by atoms with Gasteiger partial charge in [-0.05, 0) is 24.7 Å². The molecule has 0 aliphatic carbocycles. The first-order chi connectivity index (χ1) is 8.60. The zero-order chi connectivity index (χ0) is 13.1. The van der Waals surface area contributed by atoms with E-state index in [1.807, 2.05) is 11.9 Å². The van der Waals surface area contributed by atoms with Gasteiger partial charge in [0.05, 0.1) is 18.2 Å². The molecule has 0 bridgehead atoms. The monoisotopic (exact) mass is 252 g/mol. The molecule has 1 aromatic carbocycles. The van der Waals surface area contributed by atoms with Gasteiger partial charge in [0, 0.05) is 13.1 Å². The highest BCUT2D eigenvalue weighted by Crippen LogP contribution is 2.19. The van der Waals surface area contributed by atoms with Gasteiger partial charge >= 0.3 is 5.76 Å². The molecule has 2 aromatic rings. The minimum absolute atomic E-state index is 0.0505. The third kappa shape index (κ3) is 2.79. The van der Waals surface area contributed by atoms with Crippen LogP contribution in [-0.4, -0.2) is 46.8 Å². The molecule has 1 aromatic heterocycles. The Hall–Kier alpha value is -1.63. The summed E-state index contributed by atoms with van der Waals surface area (Å²) >= 11 is 0. The molecule has 6 heteroatoms. The molecule has 6 nitrogen and oxygen atoms in total. The molecule has 2 rings (SSSR count). The molecule has 18 heavy (non-hydrogen) atoms. The fraction of sp³-hybridized carbons (Fsp3) is 0.417. The van der Waals surface area contributed by atoms with Crippen LogP contribution in [0.2, 0.25) is 0 Å². The van der Waals surface area contributed by atoms with E-state index in [1.54, 1.807) is 18.2 Å². The van der Waals surface area contributed by atoms with E-state index in [9.17, 15) is 9.90 Å². The number of hydrogen-bond donors (Lipinski definition) is 3. The number of rotatable bonds is 5. The van der Waals surface area contributed by atoms with Crippen molar-refractivity contribution in [2.75, 3.05) is 26.7 Å². The predicted octanol–water partition coefficient (Wildman–Crippen LogP) is 0.0786. The second-order valence-corrected chi connectivity index (χ2v) is 4.27. The fourth-order valence-corrected chi connectivity index (χ4v) is 1.83. The number of fused-ring (bicyclic) bond motifs is 1. The number of hydrogen-bond acceptors (Lipinski definition) is 5. The lowest BCUT2D eigenvalue weighted by Crippen LogP contribution is -2.27. The molecule has 0 aliphatic heterocycles. The van der Waals surface area contributed by atoms with Crippen LogP contribution in [0.25, 0.3) is 11.1 Å². The number of aromatic nitrogens is 1. The van der Waals surface area contributed by atoms with Gasteiger partial charge in [-0.1, -0.05) is 6.07 Å². The standard InChI is InChI=1S/C12H16N2O4/c1-14(4-5-15)7-10(16)8-2-3-9-11(6-8)18-12(17)13-9/h2-3,6,10,15-16H,4-5,7H2,1H3,(H,13,17). The number of aliphatic hydroxyl groups is 2. The lowest BCUT2D eigenvalue weighted by atomic mass is 10.1. The van der Waals surface area contributed by atoms with Gasteiger partial charge in [-0.15, -0.1) is 0 Å². The summed E-state index contributed by atoms with van der Waals surface area (Å²) in [4.78, 5) is 15.4. The Kier molecular flexibility index (Phi) is 3.81. The van der Waals surface area contributed by atoms with Crippen LogP contribution >= 0.6 is 0 Å². The van der Waals surface area contributed by atoms with E-state index >= 15 is 0 Å². The van der Waals surface area contributed by atoms with E-state index in [1.165, 1.54) is 0 Å². The number of benzene rings is 1. The van der Waals surface area contributed by atoms with E-state index in [-0.39, 0.29) is 6.61 Å². The summed E-state index contributed by atoms with van der Waals surface area (Å²) in [5.74, 6) is -0.506. The average molecular weight is 252 g/mol. The Labute approximate surface area is 103 Å². The number of H-pyrrole nitrogens is 1. The zero-order valence-electron chi connectivity index (χ0n) is 10.1. The van der Waals surface area contributed by atoms with Gasteiger partial charge in [-0.2, -0.15) is 0 Å². The van der Waals surface area contributed by atoms with Crippen molar-refractivity contribution in [2.24, 2.45) is 0 Å². The Morgan fingerprint density at radius 2 is 2.28 bits per heavy atom. The summed E-state index contributed by atoms with van der Waals surface area (Å²) in [6, 6.07) is 5.08. The number of aromatic amines is 1. The van der Waals surface area contributed by atoms with E-state index in [2.05, 4.69) is 4.98 Å². The summed E-state index contributed by atoms with van der Waals surface area (Å²) in [5, 5.41) is 18.8. The zero-order valence-corrected chi connectivity index (χ0v) is 10.1. The van der Waals surface area contributed by atoms with Crippen LogP contribution in [0.5, 0.6) is 0 Å². The number of oxazole rings is 1. The van der Waals surface area contributed by atoms with Crippen molar-refractivity contribution < 1.29 is 14.6 Å². The van der Waals surface area contributed by atoms with E-state index < -0.39 is 11.9 Å². The fourth-order valence-electron chi connectivity index (χ4n) is 1.83. The molecule has 1 unspecified atom stereocenters. The second kappa shape index (κ2) is 5.34. The van der Waals surface area contributed by atoms with Crippen LogP contribution in [0.1, 0.15) is 11.7 Å². The van der Waals surface area contributed by atoms with Gasteiger partial charge in [-0.3, -0.25) is 4.98 Å². The number of nitrogens with zero attached hydrogens (tertiary/aromatic N) is 1. The van der Waals surface area contributed by atoms with Gasteiger partial charge in [0.1, 0.15) is 0 Å². The molecule has 0 spiro atoms. The quantitative estimate of drug-likeness (QED) is 0.701. The van der Waals surface area contributed by atoms with Crippen LogP contribution in [-0.2, 0) is 0 Å². The van der Waals surface area contributed by atoms with Gasteiger partial charge in [0.25, 0.3) is 0 Å². The highest BCUT2D eigenvalue weighted by Gasteiger charge is 2.12. The Balaban J connectivity index is 2.17. The lowest BCUT2D eigenvalue weighted by Gasteiger charge is -2.19. The molecular formula is C12H16N2O4. The van der Waals surface area contributed by atoms with Gasteiger partial charge < -0.3 is 19.5 Å². The number of likely N-dealkylation sites (N-methyl/N-ethyl adjacent to an activating group) is 1. The lowest BCUT2D eigenvalue weighted by molar-refractivity contribution is 0.115. The normalized spacial score (nSPS) is 13.3. The van der Waals surface area contributed by atoms with Crippen LogP contribution < -0.4 is 5.76 Å². The smallest absolute Gasteiger partial charge is 0.408 e. The van der Waals surface area contributed by atoms with Crippen molar-refractivity contribution in [3.05, 3.63) is 34.3 Å². The maximum Gasteiger partial charge on any atom is 0.417 e. The largest absolute Gasteiger partial charge is 0.417 e. The molecule has 0 aliphatic rings. The minimum atomic E-state index is -0.689. The number of aliphatic hydroxyl groups excluding tert-OH is 2. The minimum Gasteiger partial charge on any atom is -0.408 e. The molecule has 0 fully saturated rings. The van der Waals surface area contributed by atoms with Crippen molar-refractivity contribution in [3.8, 4) is 0 Å². The van der Waals surface area contributed by atoms with E-state index in [0.29, 0.717) is 29.8 Å². The maximum atomic E-state index is 11.0. The van der Waals surface area contributed by atoms with Crippen molar-refractivity contribution in [1.82, 2.24) is 9.88 Å². The van der Waals surface area contributed by atoms with Crippen LogP contribution in [0.3, 0.4) is 0 Å².